The van der Waals surface area contributed by atoms with Crippen molar-refractivity contribution in [3.8, 4) is 5.75 Å². The Morgan fingerprint density at radius 1 is 1.09 bits per heavy atom. The molecule has 1 aromatic carbocycles. The maximum Gasteiger partial charge on any atom is 0.243 e. The zero-order valence-electron chi connectivity index (χ0n) is 13.1. The van der Waals surface area contributed by atoms with Crippen LogP contribution in [0.25, 0.3) is 11.0 Å². The van der Waals surface area contributed by atoms with Crippen LogP contribution in [-0.2, 0) is 11.2 Å². The van der Waals surface area contributed by atoms with Crippen LogP contribution in [-0.4, -0.2) is 66.1 Å². The lowest BCUT2D eigenvalue weighted by molar-refractivity contribution is 0.0378. The molecule has 0 amide bonds. The summed E-state index contributed by atoms with van der Waals surface area (Å²) < 4.78 is 10.9. The molecule has 7 nitrogen and oxygen atoms in total. The van der Waals surface area contributed by atoms with Crippen molar-refractivity contribution < 1.29 is 9.47 Å². The van der Waals surface area contributed by atoms with Crippen LogP contribution >= 0.6 is 0 Å². The fourth-order valence-electron chi connectivity index (χ4n) is 3.01. The van der Waals surface area contributed by atoms with Crippen LogP contribution in [0.15, 0.2) is 12.1 Å². The van der Waals surface area contributed by atoms with Gasteiger partial charge in [-0.05, 0) is 24.6 Å². The van der Waals surface area contributed by atoms with E-state index in [9.17, 15) is 0 Å². The van der Waals surface area contributed by atoms with Crippen LogP contribution in [0.4, 0.5) is 5.95 Å². The summed E-state index contributed by atoms with van der Waals surface area (Å²) >= 11 is 0. The van der Waals surface area contributed by atoms with E-state index in [4.69, 9.17) is 9.47 Å². The molecule has 0 radical (unpaired) electrons. The smallest absolute Gasteiger partial charge is 0.243 e. The summed E-state index contributed by atoms with van der Waals surface area (Å²) in [6.07, 6.45) is 2.00. The van der Waals surface area contributed by atoms with Crippen LogP contribution in [0.5, 0.6) is 5.75 Å². The predicted molar refractivity (Wildman–Crippen MR) is 86.9 cm³/mol. The van der Waals surface area contributed by atoms with Crippen molar-refractivity contribution in [1.29, 1.82) is 0 Å². The molecule has 2 aliphatic rings. The number of rotatable bonds is 5. The minimum absolute atomic E-state index is 0.596. The zero-order valence-corrected chi connectivity index (χ0v) is 13.1. The normalized spacial score (nSPS) is 17.9. The van der Waals surface area contributed by atoms with E-state index in [0.717, 1.165) is 75.6 Å². The first-order valence-corrected chi connectivity index (χ1v) is 8.23. The molecule has 122 valence electrons. The molecule has 7 heteroatoms. The summed E-state index contributed by atoms with van der Waals surface area (Å²) in [5.74, 6) is 1.51. The van der Waals surface area contributed by atoms with Crippen LogP contribution in [0, 0.1) is 0 Å². The van der Waals surface area contributed by atoms with E-state index >= 15 is 0 Å². The SMILES string of the molecule is c1c2c(cc3nc(NCCCN4CCOCC4)nnc13)CCO2. The Balaban J connectivity index is 1.34. The number of benzene rings is 1. The van der Waals surface area contributed by atoms with Crippen LogP contribution in [0.3, 0.4) is 0 Å². The molecule has 0 spiro atoms. The first-order valence-electron chi connectivity index (χ1n) is 8.23. The topological polar surface area (TPSA) is 72.4 Å². The Bertz CT molecular complexity index is 687. The first-order chi connectivity index (χ1) is 11.4. The maximum absolute atomic E-state index is 5.55. The van der Waals surface area contributed by atoms with Crippen molar-refractivity contribution in [2.45, 2.75) is 12.8 Å². The second-order valence-electron chi connectivity index (χ2n) is 5.92. The molecule has 0 saturated carbocycles. The largest absolute Gasteiger partial charge is 0.493 e. The third-order valence-corrected chi connectivity index (χ3v) is 4.30. The summed E-state index contributed by atoms with van der Waals surface area (Å²) in [5.41, 5.74) is 2.86. The Kier molecular flexibility index (Phi) is 4.21. The Morgan fingerprint density at radius 3 is 2.91 bits per heavy atom. The highest BCUT2D eigenvalue weighted by Gasteiger charge is 2.14. The number of aromatic nitrogens is 3. The lowest BCUT2D eigenvalue weighted by atomic mass is 10.1. The molecule has 1 fully saturated rings. The number of nitrogens with zero attached hydrogens (tertiary/aromatic N) is 4. The molecule has 0 unspecified atom stereocenters. The van der Waals surface area contributed by atoms with Gasteiger partial charge in [-0.3, -0.25) is 4.90 Å². The molecule has 0 atom stereocenters. The van der Waals surface area contributed by atoms with E-state index in [2.05, 4.69) is 31.5 Å². The highest BCUT2D eigenvalue weighted by Crippen LogP contribution is 2.28. The number of hydrogen-bond acceptors (Lipinski definition) is 7. The molecule has 1 aromatic heterocycles. The van der Waals surface area contributed by atoms with Gasteiger partial charge in [0.05, 0.1) is 25.3 Å². The third-order valence-electron chi connectivity index (χ3n) is 4.30. The maximum atomic E-state index is 5.55. The molecular weight excluding hydrogens is 294 g/mol. The van der Waals surface area contributed by atoms with Gasteiger partial charge in [0.15, 0.2) is 0 Å². The molecular formula is C16H21N5O2. The molecule has 2 aromatic rings. The van der Waals surface area contributed by atoms with E-state index < -0.39 is 0 Å². The summed E-state index contributed by atoms with van der Waals surface area (Å²) in [5, 5.41) is 11.7. The average molecular weight is 315 g/mol. The summed E-state index contributed by atoms with van der Waals surface area (Å²) in [6, 6.07) is 3.99. The molecule has 0 aliphatic carbocycles. The van der Waals surface area contributed by atoms with Crippen LogP contribution in [0.1, 0.15) is 12.0 Å². The minimum atomic E-state index is 0.596. The molecule has 0 bridgehead atoms. The van der Waals surface area contributed by atoms with E-state index in [-0.39, 0.29) is 0 Å². The van der Waals surface area contributed by atoms with Crippen molar-refractivity contribution in [2.24, 2.45) is 0 Å². The highest BCUT2D eigenvalue weighted by atomic mass is 16.5. The molecule has 4 rings (SSSR count). The van der Waals surface area contributed by atoms with Crippen molar-refractivity contribution >= 4 is 17.0 Å². The fraction of sp³-hybridized carbons (Fsp3) is 0.562. The van der Waals surface area contributed by atoms with E-state index in [0.29, 0.717) is 5.95 Å². The lowest BCUT2D eigenvalue weighted by Crippen LogP contribution is -2.37. The van der Waals surface area contributed by atoms with Gasteiger partial charge in [0.25, 0.3) is 0 Å². The third kappa shape index (κ3) is 3.35. The molecule has 1 saturated heterocycles. The first kappa shape index (κ1) is 14.6. The summed E-state index contributed by atoms with van der Waals surface area (Å²) in [6.45, 7) is 6.41. The van der Waals surface area contributed by atoms with Gasteiger partial charge in [0.2, 0.25) is 5.95 Å². The monoisotopic (exact) mass is 315 g/mol. The summed E-state index contributed by atoms with van der Waals surface area (Å²) in [4.78, 5) is 6.99. The Hall–Kier alpha value is -1.99. The number of anilines is 1. The van der Waals surface area contributed by atoms with Crippen molar-refractivity contribution in [2.75, 3.05) is 51.3 Å². The van der Waals surface area contributed by atoms with Gasteiger partial charge in [-0.2, -0.15) is 0 Å². The number of fused-ring (bicyclic) bond motifs is 2. The predicted octanol–water partition coefficient (Wildman–Crippen LogP) is 1.09. The second kappa shape index (κ2) is 6.64. The van der Waals surface area contributed by atoms with Gasteiger partial charge in [-0.1, -0.05) is 0 Å². The van der Waals surface area contributed by atoms with E-state index in [1.807, 2.05) is 6.07 Å². The standard InChI is InChI=1S/C16H21N5O2/c1(4-21-5-8-22-9-6-21)3-17-16-18-13-10-12-2-7-23-15(12)11-14(13)19-20-16/h10-11H,1-9H2,(H,17,18,20). The van der Waals surface area contributed by atoms with Gasteiger partial charge in [0.1, 0.15) is 11.3 Å². The van der Waals surface area contributed by atoms with Gasteiger partial charge < -0.3 is 14.8 Å². The van der Waals surface area contributed by atoms with Gasteiger partial charge >= 0.3 is 0 Å². The number of hydrogen-bond donors (Lipinski definition) is 1. The van der Waals surface area contributed by atoms with Gasteiger partial charge in [-0.25, -0.2) is 4.98 Å². The van der Waals surface area contributed by atoms with E-state index in [1.165, 1.54) is 5.56 Å². The Morgan fingerprint density at radius 2 is 2.00 bits per heavy atom. The quantitative estimate of drug-likeness (QED) is 0.828. The molecule has 23 heavy (non-hydrogen) atoms. The molecule has 1 N–H and O–H groups in total. The van der Waals surface area contributed by atoms with Crippen LogP contribution < -0.4 is 10.1 Å². The van der Waals surface area contributed by atoms with Crippen molar-refractivity contribution in [3.05, 3.63) is 17.7 Å². The Labute approximate surface area is 135 Å². The van der Waals surface area contributed by atoms with Crippen molar-refractivity contribution in [3.63, 3.8) is 0 Å². The highest BCUT2D eigenvalue weighted by molar-refractivity contribution is 5.78. The summed E-state index contributed by atoms with van der Waals surface area (Å²) in [7, 11) is 0. The van der Waals surface area contributed by atoms with Crippen LogP contribution in [0.2, 0.25) is 0 Å². The van der Waals surface area contributed by atoms with E-state index in [1.54, 1.807) is 0 Å². The zero-order chi connectivity index (χ0) is 15.5. The second-order valence-corrected chi connectivity index (χ2v) is 5.92. The number of morpholine rings is 1. The molecule has 2 aliphatic heterocycles. The number of nitrogens with one attached hydrogen (secondary N) is 1. The van der Waals surface area contributed by atoms with Gasteiger partial charge in [0, 0.05) is 32.1 Å². The molecule has 3 heterocycles. The average Bonchev–Trinajstić information content (AvgIpc) is 3.05. The fourth-order valence-corrected chi connectivity index (χ4v) is 3.01. The minimum Gasteiger partial charge on any atom is -0.493 e. The van der Waals surface area contributed by atoms with Gasteiger partial charge in [-0.15, -0.1) is 10.2 Å². The van der Waals surface area contributed by atoms with Crippen molar-refractivity contribution in [1.82, 2.24) is 20.1 Å². The lowest BCUT2D eigenvalue weighted by Gasteiger charge is -2.26. The number of ether oxygens (including phenoxy) is 2.